The molecule has 0 saturated heterocycles. The zero-order valence-electron chi connectivity index (χ0n) is 55.8. The van der Waals surface area contributed by atoms with Crippen LogP contribution in [0.15, 0.2) is 165 Å². The molecule has 0 fully saturated rings. The predicted octanol–water partition coefficient (Wildman–Crippen LogP) is 6.45. The number of nitrogens with one attached hydrogen (secondary N) is 3. The number of hydrogen-bond acceptors (Lipinski definition) is 17. The van der Waals surface area contributed by atoms with Gasteiger partial charge in [0.1, 0.15) is 25.3 Å². The fraction of sp³-hybridized carbons (Fsp3) is 0.311. The SMILES string of the molecule is COCCOCCOCC(=O)N(CCCN(CCN1C(=O)c2cccc3c(-n4ccnc4)ccc(c23)C1=O)C(=O)OCc1ccc(NC(=O)[C@H](Cc2ccccc2)NC(=O)[C@H](C)NC(=O)CCCCCN2C(=O)C=CC2=O)cc1)CCN1C(=O)c2cccc3c(-n4ccnc4)ccc(c23)C1=O. The summed E-state index contributed by atoms with van der Waals surface area (Å²) in [5, 5.41) is 10.6. The van der Waals surface area contributed by atoms with E-state index in [1.54, 1.807) is 139 Å². The molecule has 0 unspecified atom stereocenters. The molecular weight excluding hydrogens is 1300 g/mol. The van der Waals surface area contributed by atoms with Gasteiger partial charge in [-0.2, -0.15) is 0 Å². The van der Waals surface area contributed by atoms with Crippen molar-refractivity contribution in [1.29, 1.82) is 0 Å². The van der Waals surface area contributed by atoms with Gasteiger partial charge in [0, 0.05) is 152 Å². The molecule has 0 saturated carbocycles. The number of imide groups is 3. The van der Waals surface area contributed by atoms with Crippen LogP contribution >= 0.6 is 0 Å². The number of imidazole rings is 2. The Labute approximate surface area is 580 Å². The molecule has 0 spiro atoms. The van der Waals surface area contributed by atoms with Crippen LogP contribution in [0.5, 0.6) is 0 Å². The number of unbranched alkanes of at least 4 members (excludes halogenated alkanes) is 2. The fourth-order valence-electron chi connectivity index (χ4n) is 12.4. The number of carbonyl (C=O) groups is 11. The minimum atomic E-state index is -1.09. The molecular formula is C74H76N12O15. The lowest BCUT2D eigenvalue weighted by Gasteiger charge is -2.32. The molecule has 27 heteroatoms. The highest BCUT2D eigenvalue weighted by atomic mass is 16.6. The molecule has 11 amide bonds. The van der Waals surface area contributed by atoms with Gasteiger partial charge in [0.05, 0.1) is 50.5 Å². The van der Waals surface area contributed by atoms with Gasteiger partial charge in [0.25, 0.3) is 35.4 Å². The van der Waals surface area contributed by atoms with Crippen LogP contribution in [0.2, 0.25) is 0 Å². The highest BCUT2D eigenvalue weighted by Crippen LogP contribution is 2.36. The largest absolute Gasteiger partial charge is 0.445 e. The van der Waals surface area contributed by atoms with E-state index in [4.69, 9.17) is 18.9 Å². The quantitative estimate of drug-likeness (QED) is 0.0284. The van der Waals surface area contributed by atoms with Crippen molar-refractivity contribution in [1.82, 2.24) is 54.2 Å². The third kappa shape index (κ3) is 17.0. The number of benzene rings is 6. The van der Waals surface area contributed by atoms with Crippen LogP contribution in [0, 0.1) is 0 Å². The normalized spacial score (nSPS) is 13.9. The summed E-state index contributed by atoms with van der Waals surface area (Å²) in [4.78, 5) is 165. The van der Waals surface area contributed by atoms with Crippen molar-refractivity contribution in [3.8, 4) is 11.4 Å². The lowest BCUT2D eigenvalue weighted by molar-refractivity contribution is -0.138. The molecule has 6 aromatic carbocycles. The van der Waals surface area contributed by atoms with Crippen molar-refractivity contribution >= 4 is 92.4 Å². The summed E-state index contributed by atoms with van der Waals surface area (Å²) in [5.74, 6) is -4.99. The Bertz CT molecular complexity index is 4370. The fourth-order valence-corrected chi connectivity index (χ4v) is 12.4. The van der Waals surface area contributed by atoms with Crippen molar-refractivity contribution in [2.75, 3.05) is 91.3 Å². The molecule has 11 rings (SSSR count). The van der Waals surface area contributed by atoms with E-state index in [9.17, 15) is 52.7 Å². The Balaban J connectivity index is 0.760. The maximum absolute atomic E-state index is 14.5. The lowest BCUT2D eigenvalue weighted by Crippen LogP contribution is -2.52. The first-order valence-electron chi connectivity index (χ1n) is 33.3. The van der Waals surface area contributed by atoms with Gasteiger partial charge in [-0.3, -0.25) is 62.6 Å². The average molecular weight is 1370 g/mol. The van der Waals surface area contributed by atoms with E-state index in [0.717, 1.165) is 26.0 Å². The monoisotopic (exact) mass is 1370 g/mol. The first kappa shape index (κ1) is 70.8. The van der Waals surface area contributed by atoms with E-state index in [1.165, 1.54) is 28.9 Å². The molecule has 3 aliphatic rings. The molecule has 0 bridgehead atoms. The summed E-state index contributed by atoms with van der Waals surface area (Å²) in [5.41, 5.74) is 4.25. The third-order valence-corrected chi connectivity index (χ3v) is 17.6. The van der Waals surface area contributed by atoms with Gasteiger partial charge in [0.2, 0.25) is 23.6 Å². The number of methoxy groups -OCH3 is 1. The number of ether oxygens (including phenoxy) is 4. The molecule has 2 aromatic heterocycles. The predicted molar refractivity (Wildman–Crippen MR) is 368 cm³/mol. The van der Waals surface area contributed by atoms with Gasteiger partial charge in [0.15, 0.2) is 0 Å². The van der Waals surface area contributed by atoms with Crippen molar-refractivity contribution in [2.45, 2.75) is 64.1 Å². The Morgan fingerprint density at radius 3 is 1.67 bits per heavy atom. The van der Waals surface area contributed by atoms with E-state index in [0.29, 0.717) is 82.1 Å². The van der Waals surface area contributed by atoms with Crippen LogP contribution in [0.1, 0.15) is 91.6 Å². The van der Waals surface area contributed by atoms with E-state index >= 15 is 0 Å². The standard InChI is InChI=1S/C74H76N12O15/c1-49(77-62(87)18-7-4-8-33-84-63(88)27-28-64(84)89)68(91)79-59(44-50-12-5-3-6-13-50)69(92)78-52-21-19-51(20-22-52)45-101-74(97)81(37-39-86-71(94)56-17-10-15-54-61(83-35-30-76-48-83)26-24-58(67(54)56)73(86)96)32-11-31-80(65(90)46-100-43-42-99-41-40-98-2)36-38-85-70(93)55-16-9-14-53-60(82-34-29-75-47-82)25-23-57(66(53)55)72(85)95/h3,5-6,9-10,12-17,19-30,34-35,47-49,59H,4,7-8,11,18,31-33,36-46H2,1-2H3,(H,77,87)(H,78,92)(H,79,91)/t49-,59-/m0/s1. The Hall–Kier alpha value is -11.6. The van der Waals surface area contributed by atoms with Crippen LogP contribution < -0.4 is 16.0 Å². The number of anilines is 1. The van der Waals surface area contributed by atoms with Crippen LogP contribution in [-0.4, -0.2) is 207 Å². The first-order valence-corrected chi connectivity index (χ1v) is 33.3. The highest BCUT2D eigenvalue weighted by molar-refractivity contribution is 6.27. The number of amides is 11. The van der Waals surface area contributed by atoms with Crippen LogP contribution in [0.25, 0.3) is 32.9 Å². The second kappa shape index (κ2) is 33.3. The van der Waals surface area contributed by atoms with Crippen LogP contribution in [-0.2, 0) is 60.7 Å². The van der Waals surface area contributed by atoms with E-state index in [2.05, 4.69) is 25.9 Å². The van der Waals surface area contributed by atoms with Crippen molar-refractivity contribution in [2.24, 2.45) is 0 Å². The average Bonchev–Trinajstić information content (AvgIpc) is 1.33. The topological polar surface area (TPSA) is 313 Å². The molecule has 0 aliphatic carbocycles. The molecule has 27 nitrogen and oxygen atoms in total. The van der Waals surface area contributed by atoms with E-state index in [-0.39, 0.29) is 120 Å². The Morgan fingerprint density at radius 1 is 0.525 bits per heavy atom. The minimum Gasteiger partial charge on any atom is -0.445 e. The molecule has 101 heavy (non-hydrogen) atoms. The number of nitrogens with zero attached hydrogens (tertiary/aromatic N) is 9. The highest BCUT2D eigenvalue weighted by Gasteiger charge is 2.37. The van der Waals surface area contributed by atoms with Gasteiger partial charge in [-0.15, -0.1) is 0 Å². The van der Waals surface area contributed by atoms with E-state index in [1.807, 2.05) is 30.3 Å². The van der Waals surface area contributed by atoms with Gasteiger partial charge in [-0.25, -0.2) is 14.8 Å². The molecule has 8 aromatic rings. The van der Waals surface area contributed by atoms with Gasteiger partial charge in [-0.05, 0) is 85.8 Å². The molecule has 2 atom stereocenters. The summed E-state index contributed by atoms with van der Waals surface area (Å²) in [6.07, 6.45) is 13.5. The van der Waals surface area contributed by atoms with Crippen molar-refractivity contribution in [3.63, 3.8) is 0 Å². The number of carbonyl (C=O) groups excluding carboxylic acids is 11. The van der Waals surface area contributed by atoms with Crippen LogP contribution in [0.3, 0.4) is 0 Å². The second-order valence-corrected chi connectivity index (χ2v) is 24.3. The molecule has 5 heterocycles. The lowest BCUT2D eigenvalue weighted by atomic mass is 9.93. The maximum Gasteiger partial charge on any atom is 0.410 e. The number of aromatic nitrogens is 4. The van der Waals surface area contributed by atoms with Crippen molar-refractivity contribution < 1.29 is 71.7 Å². The molecule has 522 valence electrons. The smallest absolute Gasteiger partial charge is 0.410 e. The van der Waals surface area contributed by atoms with E-state index < -0.39 is 59.5 Å². The maximum atomic E-state index is 14.5. The Kier molecular flexibility index (Phi) is 23.4. The summed E-state index contributed by atoms with van der Waals surface area (Å²) in [6.45, 7) is 1.15. The van der Waals surface area contributed by atoms with Gasteiger partial charge >= 0.3 is 6.09 Å². The summed E-state index contributed by atoms with van der Waals surface area (Å²) < 4.78 is 25.8. The minimum absolute atomic E-state index is 0.0159. The third-order valence-electron chi connectivity index (χ3n) is 17.6. The summed E-state index contributed by atoms with van der Waals surface area (Å²) in [7, 11) is 1.55. The van der Waals surface area contributed by atoms with Gasteiger partial charge < -0.3 is 53.8 Å². The molecule has 3 aliphatic heterocycles. The number of hydrogen-bond donors (Lipinski definition) is 3. The van der Waals surface area contributed by atoms with Gasteiger partial charge in [-0.1, -0.05) is 73.2 Å². The second-order valence-electron chi connectivity index (χ2n) is 24.3. The first-order chi connectivity index (χ1) is 49.1. The molecule has 3 N–H and O–H groups in total. The summed E-state index contributed by atoms with van der Waals surface area (Å²) in [6, 6.07) is 30.7. The zero-order chi connectivity index (χ0) is 70.9. The van der Waals surface area contributed by atoms with Crippen molar-refractivity contribution in [3.05, 3.63) is 198 Å². The van der Waals surface area contributed by atoms with Crippen LogP contribution in [0.4, 0.5) is 10.5 Å². The number of rotatable bonds is 35. The zero-order valence-corrected chi connectivity index (χ0v) is 55.8. The molecule has 0 radical (unpaired) electrons. The Morgan fingerprint density at radius 2 is 1.09 bits per heavy atom. The summed E-state index contributed by atoms with van der Waals surface area (Å²) >= 11 is 0.